The van der Waals surface area contributed by atoms with Crippen LogP contribution < -0.4 is 0 Å². The number of allylic oxidation sites excluding steroid dienone is 1. The highest BCUT2D eigenvalue weighted by Gasteiger charge is 2.20. The molecule has 2 heterocycles. The number of aryl methyl sites for hydroxylation is 1. The molecule has 0 radical (unpaired) electrons. The molecule has 2 heteroatoms. The van der Waals surface area contributed by atoms with Gasteiger partial charge in [-0.3, -0.25) is 9.98 Å². The maximum atomic E-state index is 4.66. The normalized spacial score (nSPS) is 17.6. The smallest absolute Gasteiger partial charge is 0.0957 e. The largest absolute Gasteiger partial charge is 0.280 e. The van der Waals surface area contributed by atoms with Gasteiger partial charge >= 0.3 is 0 Å². The summed E-state index contributed by atoms with van der Waals surface area (Å²) in [6, 6.07) is 12.7. The van der Waals surface area contributed by atoms with Crippen LogP contribution in [-0.4, -0.2) is 11.2 Å². The Balaban J connectivity index is 1.91. The molecule has 2 aromatic rings. The number of benzene rings is 1. The Morgan fingerprint density at radius 2 is 1.77 bits per heavy atom. The number of pyridine rings is 1. The Labute approximate surface area is 132 Å². The lowest BCUT2D eigenvalue weighted by Gasteiger charge is -2.19. The predicted molar refractivity (Wildman–Crippen MR) is 93.3 cm³/mol. The summed E-state index contributed by atoms with van der Waals surface area (Å²) in [4.78, 5) is 9.31. The molecule has 1 aromatic heterocycles. The molecule has 1 aromatic carbocycles. The quantitative estimate of drug-likeness (QED) is 0.772. The first-order valence-electron chi connectivity index (χ1n) is 7.72. The third-order valence-electron chi connectivity index (χ3n) is 4.06. The van der Waals surface area contributed by atoms with Crippen LogP contribution in [0.3, 0.4) is 0 Å². The van der Waals surface area contributed by atoms with E-state index in [2.05, 4.69) is 74.1 Å². The molecule has 1 atom stereocenters. The van der Waals surface area contributed by atoms with Gasteiger partial charge in [0.1, 0.15) is 0 Å². The lowest BCUT2D eigenvalue weighted by Crippen LogP contribution is -2.14. The van der Waals surface area contributed by atoms with Gasteiger partial charge in [-0.25, -0.2) is 0 Å². The lowest BCUT2D eigenvalue weighted by molar-refractivity contribution is 0.567. The third-order valence-corrected chi connectivity index (χ3v) is 4.06. The maximum absolute atomic E-state index is 4.66. The average molecular weight is 290 g/mol. The number of hydrogen-bond donors (Lipinski definition) is 0. The first-order valence-corrected chi connectivity index (χ1v) is 7.72. The highest BCUT2D eigenvalue weighted by Crippen LogP contribution is 2.31. The summed E-state index contributed by atoms with van der Waals surface area (Å²) in [6.07, 6.45) is 6.18. The van der Waals surface area contributed by atoms with E-state index in [4.69, 9.17) is 0 Å². The van der Waals surface area contributed by atoms with Gasteiger partial charge in [-0.2, -0.15) is 0 Å². The van der Waals surface area contributed by atoms with Crippen molar-refractivity contribution in [1.82, 2.24) is 4.98 Å². The molecule has 1 unspecified atom stereocenters. The van der Waals surface area contributed by atoms with E-state index in [9.17, 15) is 0 Å². The van der Waals surface area contributed by atoms with Crippen LogP contribution in [0.2, 0.25) is 0 Å². The zero-order valence-corrected chi connectivity index (χ0v) is 13.7. The fraction of sp³-hybridized carbons (Fsp3) is 0.300. The highest BCUT2D eigenvalue weighted by atomic mass is 14.8. The molecule has 1 aliphatic rings. The summed E-state index contributed by atoms with van der Waals surface area (Å²) < 4.78 is 0. The topological polar surface area (TPSA) is 25.2 Å². The van der Waals surface area contributed by atoms with Crippen LogP contribution in [0.15, 0.2) is 53.7 Å². The molecule has 0 fully saturated rings. The number of aromatic nitrogens is 1. The van der Waals surface area contributed by atoms with Crippen molar-refractivity contribution in [2.75, 3.05) is 0 Å². The van der Waals surface area contributed by atoms with E-state index < -0.39 is 0 Å². The standard InChI is InChI=1S/C20H22N2/c1-14-10-19(20(2,3)4)22-13-17(14)18-11-16(12-21-18)15-8-6-5-7-9-15/h5-13,18H,1-4H3. The summed E-state index contributed by atoms with van der Waals surface area (Å²) >= 11 is 0. The van der Waals surface area contributed by atoms with Crippen molar-refractivity contribution in [2.45, 2.75) is 39.2 Å². The second-order valence-electron chi connectivity index (χ2n) is 6.89. The number of hydrogen-bond acceptors (Lipinski definition) is 2. The van der Waals surface area contributed by atoms with Gasteiger partial charge in [-0.15, -0.1) is 0 Å². The SMILES string of the molecule is Cc1cc(C(C)(C)C)ncc1C1C=C(c2ccccc2)C=N1. The van der Waals surface area contributed by atoms with Gasteiger partial charge in [0.25, 0.3) is 0 Å². The molecule has 0 amide bonds. The minimum Gasteiger partial charge on any atom is -0.280 e. The molecule has 0 spiro atoms. The van der Waals surface area contributed by atoms with Gasteiger partial charge in [0.15, 0.2) is 0 Å². The van der Waals surface area contributed by atoms with Crippen LogP contribution >= 0.6 is 0 Å². The molecule has 0 saturated heterocycles. The van der Waals surface area contributed by atoms with Crippen LogP contribution in [0.25, 0.3) is 5.57 Å². The van der Waals surface area contributed by atoms with Crippen molar-refractivity contribution in [3.8, 4) is 0 Å². The van der Waals surface area contributed by atoms with Crippen molar-refractivity contribution in [1.29, 1.82) is 0 Å². The third kappa shape index (κ3) is 2.87. The molecule has 0 saturated carbocycles. The van der Waals surface area contributed by atoms with Crippen molar-refractivity contribution < 1.29 is 0 Å². The van der Waals surface area contributed by atoms with Crippen LogP contribution in [0.4, 0.5) is 0 Å². The van der Waals surface area contributed by atoms with Crippen molar-refractivity contribution >= 4 is 11.8 Å². The Kier molecular flexibility index (Phi) is 3.69. The van der Waals surface area contributed by atoms with E-state index in [-0.39, 0.29) is 11.5 Å². The van der Waals surface area contributed by atoms with E-state index in [1.807, 2.05) is 18.5 Å². The fourth-order valence-corrected chi connectivity index (χ4v) is 2.67. The Morgan fingerprint density at radius 3 is 2.41 bits per heavy atom. The molecule has 0 bridgehead atoms. The molecule has 2 nitrogen and oxygen atoms in total. The Bertz CT molecular complexity index is 734. The Hall–Kier alpha value is -2.22. The minimum absolute atomic E-state index is 0.0767. The monoisotopic (exact) mass is 290 g/mol. The van der Waals surface area contributed by atoms with Crippen molar-refractivity contribution in [3.05, 3.63) is 71.1 Å². The minimum atomic E-state index is 0.0767. The van der Waals surface area contributed by atoms with Gasteiger partial charge < -0.3 is 0 Å². The van der Waals surface area contributed by atoms with Gasteiger partial charge in [0, 0.05) is 29.1 Å². The van der Waals surface area contributed by atoms with Crippen LogP contribution in [0, 0.1) is 6.92 Å². The summed E-state index contributed by atoms with van der Waals surface area (Å²) in [7, 11) is 0. The van der Waals surface area contributed by atoms with Crippen LogP contribution in [-0.2, 0) is 5.41 Å². The number of rotatable bonds is 2. The van der Waals surface area contributed by atoms with Gasteiger partial charge in [-0.1, -0.05) is 51.1 Å². The second kappa shape index (κ2) is 5.53. The van der Waals surface area contributed by atoms with Crippen LogP contribution in [0.1, 0.15) is 49.2 Å². The molecule has 0 aliphatic carbocycles. The zero-order chi connectivity index (χ0) is 15.7. The molecular weight excluding hydrogens is 268 g/mol. The van der Waals surface area contributed by atoms with Crippen LogP contribution in [0.5, 0.6) is 0 Å². The van der Waals surface area contributed by atoms with Gasteiger partial charge in [0.05, 0.1) is 6.04 Å². The van der Waals surface area contributed by atoms with E-state index in [0.29, 0.717) is 0 Å². The lowest BCUT2D eigenvalue weighted by atomic mass is 9.89. The summed E-state index contributed by atoms with van der Waals surface area (Å²) in [5.41, 5.74) is 6.05. The van der Waals surface area contributed by atoms with E-state index in [0.717, 1.165) is 5.69 Å². The molecule has 1 aliphatic heterocycles. The molecule has 0 N–H and O–H groups in total. The first-order chi connectivity index (χ1) is 10.4. The number of aliphatic imine (C=N–C) groups is 1. The molecule has 112 valence electrons. The summed E-state index contributed by atoms with van der Waals surface area (Å²) in [5.74, 6) is 0. The molecule has 22 heavy (non-hydrogen) atoms. The fourth-order valence-electron chi connectivity index (χ4n) is 2.67. The second-order valence-corrected chi connectivity index (χ2v) is 6.89. The Morgan fingerprint density at radius 1 is 1.05 bits per heavy atom. The van der Waals surface area contributed by atoms with Crippen molar-refractivity contribution in [3.63, 3.8) is 0 Å². The maximum Gasteiger partial charge on any atom is 0.0957 e. The van der Waals surface area contributed by atoms with Gasteiger partial charge in [0.2, 0.25) is 0 Å². The molecular formula is C20H22N2. The zero-order valence-electron chi connectivity index (χ0n) is 13.7. The first kappa shape index (κ1) is 14.7. The average Bonchev–Trinajstić information content (AvgIpc) is 2.96. The number of nitrogens with zero attached hydrogens (tertiary/aromatic N) is 2. The summed E-state index contributed by atoms with van der Waals surface area (Å²) in [5, 5.41) is 0. The van der Waals surface area contributed by atoms with Gasteiger partial charge in [-0.05, 0) is 35.8 Å². The van der Waals surface area contributed by atoms with Crippen molar-refractivity contribution in [2.24, 2.45) is 4.99 Å². The predicted octanol–water partition coefficient (Wildman–Crippen LogP) is 4.90. The van der Waals surface area contributed by atoms with E-state index in [1.165, 1.54) is 22.3 Å². The summed E-state index contributed by atoms with van der Waals surface area (Å²) in [6.45, 7) is 8.72. The van der Waals surface area contributed by atoms with E-state index >= 15 is 0 Å². The highest BCUT2D eigenvalue weighted by molar-refractivity contribution is 6.11. The van der Waals surface area contributed by atoms with E-state index in [1.54, 1.807) is 0 Å². The molecule has 3 rings (SSSR count).